The summed E-state index contributed by atoms with van der Waals surface area (Å²) in [6, 6.07) is 14.5. The van der Waals surface area contributed by atoms with E-state index in [1.807, 2.05) is 37.3 Å². The van der Waals surface area contributed by atoms with Crippen LogP contribution in [0.15, 0.2) is 54.6 Å². The predicted molar refractivity (Wildman–Crippen MR) is 85.7 cm³/mol. The van der Waals surface area contributed by atoms with Crippen LogP contribution in [-0.4, -0.2) is 5.11 Å². The predicted octanol–water partition coefficient (Wildman–Crippen LogP) is 4.75. The van der Waals surface area contributed by atoms with Gasteiger partial charge in [0.25, 0.3) is 0 Å². The van der Waals surface area contributed by atoms with Crippen LogP contribution in [0.5, 0.6) is 0 Å². The van der Waals surface area contributed by atoms with Crippen molar-refractivity contribution >= 4 is 23.0 Å². The van der Waals surface area contributed by atoms with Gasteiger partial charge in [-0.3, -0.25) is 0 Å². The number of anilines is 1. The van der Waals surface area contributed by atoms with Gasteiger partial charge in [-0.25, -0.2) is 0 Å². The molecule has 0 aromatic heterocycles. The summed E-state index contributed by atoms with van der Waals surface area (Å²) in [6.45, 7) is 1.93. The van der Waals surface area contributed by atoms with Crippen molar-refractivity contribution in [2.45, 2.75) is 19.1 Å². The summed E-state index contributed by atoms with van der Waals surface area (Å²) < 4.78 is 38.0. The Morgan fingerprint density at radius 2 is 1.73 bits per heavy atom. The molecule has 0 aliphatic rings. The van der Waals surface area contributed by atoms with E-state index in [1.54, 1.807) is 0 Å². The number of rotatable bonds is 3. The normalized spacial score (nSPS) is 12.5. The number of thiocarbonyl (C=S) groups is 1. The zero-order valence-electron chi connectivity index (χ0n) is 11.8. The van der Waals surface area contributed by atoms with Crippen molar-refractivity contribution < 1.29 is 13.2 Å². The van der Waals surface area contributed by atoms with Crippen LogP contribution >= 0.6 is 12.2 Å². The number of halogens is 3. The SMILES string of the molecule is C[C@H](NC(=S)Nc1cccc(C(F)(F)F)c1)c1ccccc1. The Morgan fingerprint density at radius 3 is 2.36 bits per heavy atom. The van der Waals surface area contributed by atoms with Crippen molar-refractivity contribution in [1.29, 1.82) is 0 Å². The molecule has 0 saturated heterocycles. The van der Waals surface area contributed by atoms with E-state index in [-0.39, 0.29) is 11.2 Å². The zero-order valence-corrected chi connectivity index (χ0v) is 12.6. The van der Waals surface area contributed by atoms with E-state index in [9.17, 15) is 13.2 Å². The average Bonchev–Trinajstić information content (AvgIpc) is 2.47. The van der Waals surface area contributed by atoms with Crippen LogP contribution in [0.4, 0.5) is 18.9 Å². The van der Waals surface area contributed by atoms with E-state index < -0.39 is 11.7 Å². The second kappa shape index (κ2) is 6.79. The standard InChI is InChI=1S/C16H15F3N2S/c1-11(12-6-3-2-4-7-12)20-15(22)21-14-9-5-8-13(10-14)16(17,18)19/h2-11H,1H3,(H2,20,21,22)/t11-/m0/s1. The van der Waals surface area contributed by atoms with Crippen molar-refractivity contribution in [1.82, 2.24) is 5.32 Å². The molecule has 2 aromatic carbocycles. The summed E-state index contributed by atoms with van der Waals surface area (Å²) in [7, 11) is 0. The molecule has 0 amide bonds. The van der Waals surface area contributed by atoms with Crippen LogP contribution in [0.3, 0.4) is 0 Å². The van der Waals surface area contributed by atoms with Gasteiger partial charge >= 0.3 is 6.18 Å². The molecule has 0 aliphatic carbocycles. The van der Waals surface area contributed by atoms with E-state index in [1.165, 1.54) is 12.1 Å². The second-order valence-electron chi connectivity index (χ2n) is 4.81. The minimum Gasteiger partial charge on any atom is -0.356 e. The van der Waals surface area contributed by atoms with Gasteiger partial charge in [0.15, 0.2) is 5.11 Å². The maximum absolute atomic E-state index is 12.7. The summed E-state index contributed by atoms with van der Waals surface area (Å²) in [5, 5.41) is 6.09. The van der Waals surface area contributed by atoms with Gasteiger partial charge < -0.3 is 10.6 Å². The molecule has 0 aliphatic heterocycles. The monoisotopic (exact) mass is 324 g/mol. The summed E-state index contributed by atoms with van der Waals surface area (Å²) in [5.41, 5.74) is 0.625. The highest BCUT2D eigenvalue weighted by Gasteiger charge is 2.30. The van der Waals surface area contributed by atoms with Gasteiger partial charge in [-0.1, -0.05) is 36.4 Å². The molecule has 2 N–H and O–H groups in total. The van der Waals surface area contributed by atoms with E-state index >= 15 is 0 Å². The third kappa shape index (κ3) is 4.46. The summed E-state index contributed by atoms with van der Waals surface area (Å²) in [6.07, 6.45) is -4.37. The van der Waals surface area contributed by atoms with Crippen LogP contribution in [0.25, 0.3) is 0 Å². The Labute approximate surface area is 132 Å². The van der Waals surface area contributed by atoms with Crippen LogP contribution in [0.2, 0.25) is 0 Å². The van der Waals surface area contributed by atoms with Crippen molar-refractivity contribution in [3.05, 3.63) is 65.7 Å². The highest BCUT2D eigenvalue weighted by Crippen LogP contribution is 2.30. The number of benzene rings is 2. The molecule has 2 nitrogen and oxygen atoms in total. The zero-order chi connectivity index (χ0) is 16.2. The molecule has 22 heavy (non-hydrogen) atoms. The van der Waals surface area contributed by atoms with E-state index in [2.05, 4.69) is 10.6 Å². The maximum Gasteiger partial charge on any atom is 0.416 e. The molecule has 116 valence electrons. The van der Waals surface area contributed by atoms with Crippen LogP contribution in [-0.2, 0) is 6.18 Å². The topological polar surface area (TPSA) is 24.1 Å². The van der Waals surface area contributed by atoms with E-state index in [4.69, 9.17) is 12.2 Å². The fourth-order valence-corrected chi connectivity index (χ4v) is 2.26. The Morgan fingerprint density at radius 1 is 1.05 bits per heavy atom. The lowest BCUT2D eigenvalue weighted by Gasteiger charge is -2.18. The van der Waals surface area contributed by atoms with Crippen LogP contribution < -0.4 is 10.6 Å². The number of hydrogen-bond acceptors (Lipinski definition) is 1. The highest BCUT2D eigenvalue weighted by molar-refractivity contribution is 7.80. The number of alkyl halides is 3. The minimum absolute atomic E-state index is 0.0491. The molecule has 0 saturated carbocycles. The molecule has 1 atom stereocenters. The van der Waals surface area contributed by atoms with E-state index in [0.717, 1.165) is 17.7 Å². The van der Waals surface area contributed by atoms with Crippen molar-refractivity contribution in [3.63, 3.8) is 0 Å². The quantitative estimate of drug-likeness (QED) is 0.797. The Kier molecular flexibility index (Phi) is 5.03. The van der Waals surface area contributed by atoms with Gasteiger partial charge in [-0.2, -0.15) is 13.2 Å². The summed E-state index contributed by atoms with van der Waals surface area (Å²) in [4.78, 5) is 0. The van der Waals surface area contributed by atoms with Crippen molar-refractivity contribution in [2.24, 2.45) is 0 Å². The Bertz CT molecular complexity index is 641. The number of nitrogens with one attached hydrogen (secondary N) is 2. The first-order chi connectivity index (χ1) is 10.4. The summed E-state index contributed by atoms with van der Waals surface area (Å²) >= 11 is 5.15. The lowest BCUT2D eigenvalue weighted by atomic mass is 10.1. The molecular weight excluding hydrogens is 309 g/mol. The fraction of sp³-hybridized carbons (Fsp3) is 0.188. The third-order valence-electron chi connectivity index (χ3n) is 3.09. The van der Waals surface area contributed by atoms with Gasteiger partial charge in [0.2, 0.25) is 0 Å². The van der Waals surface area contributed by atoms with Crippen LogP contribution in [0, 0.1) is 0 Å². The molecule has 2 rings (SSSR count). The molecule has 6 heteroatoms. The van der Waals surface area contributed by atoms with E-state index in [0.29, 0.717) is 5.69 Å². The van der Waals surface area contributed by atoms with Gasteiger partial charge in [-0.15, -0.1) is 0 Å². The second-order valence-corrected chi connectivity index (χ2v) is 5.22. The molecule has 0 unspecified atom stereocenters. The summed E-state index contributed by atoms with van der Waals surface area (Å²) in [5.74, 6) is 0. The lowest BCUT2D eigenvalue weighted by molar-refractivity contribution is -0.137. The lowest BCUT2D eigenvalue weighted by Crippen LogP contribution is -2.30. The van der Waals surface area contributed by atoms with Gasteiger partial charge in [-0.05, 0) is 42.9 Å². The van der Waals surface area contributed by atoms with Gasteiger partial charge in [0, 0.05) is 5.69 Å². The highest BCUT2D eigenvalue weighted by atomic mass is 32.1. The fourth-order valence-electron chi connectivity index (χ4n) is 1.96. The van der Waals surface area contributed by atoms with Gasteiger partial charge in [0.1, 0.15) is 0 Å². The van der Waals surface area contributed by atoms with Crippen LogP contribution in [0.1, 0.15) is 24.1 Å². The molecule has 0 fully saturated rings. The van der Waals surface area contributed by atoms with Crippen molar-refractivity contribution in [3.8, 4) is 0 Å². The molecule has 0 bridgehead atoms. The first kappa shape index (κ1) is 16.3. The molecule has 0 radical (unpaired) electrons. The third-order valence-corrected chi connectivity index (χ3v) is 3.31. The molecule has 0 heterocycles. The van der Waals surface area contributed by atoms with Gasteiger partial charge in [0.05, 0.1) is 11.6 Å². The molecule has 2 aromatic rings. The molecular formula is C16H15F3N2S. The van der Waals surface area contributed by atoms with Crippen molar-refractivity contribution in [2.75, 3.05) is 5.32 Å². The average molecular weight is 324 g/mol. The minimum atomic E-state index is -4.37. The first-order valence-electron chi connectivity index (χ1n) is 6.66. The largest absolute Gasteiger partial charge is 0.416 e. The Balaban J connectivity index is 2.01. The first-order valence-corrected chi connectivity index (χ1v) is 7.07. The number of hydrogen-bond donors (Lipinski definition) is 2. The smallest absolute Gasteiger partial charge is 0.356 e. The maximum atomic E-state index is 12.7. The Hall–Kier alpha value is -2.08. The molecule has 0 spiro atoms.